The quantitative estimate of drug-likeness (QED) is 0.621. The second-order valence-corrected chi connectivity index (χ2v) is 5.50. The zero-order chi connectivity index (χ0) is 12.0. The average Bonchev–Trinajstić information content (AvgIpc) is 2.69. The lowest BCUT2D eigenvalue weighted by Crippen LogP contribution is -2.31. The van der Waals surface area contributed by atoms with Crippen molar-refractivity contribution in [3.63, 3.8) is 0 Å². The molecule has 0 bridgehead atoms. The molecule has 0 spiro atoms. The topological polar surface area (TPSA) is 65.2 Å². The van der Waals surface area contributed by atoms with Crippen molar-refractivity contribution in [1.29, 1.82) is 0 Å². The van der Waals surface area contributed by atoms with Crippen LogP contribution in [-0.4, -0.2) is 29.9 Å². The first-order valence-electron chi connectivity index (χ1n) is 4.95. The monoisotopic (exact) mass is 260 g/mol. The van der Waals surface area contributed by atoms with E-state index in [9.17, 15) is 4.79 Å². The molecule has 1 unspecified atom stereocenters. The summed E-state index contributed by atoms with van der Waals surface area (Å²) in [5.74, 6) is 1.37. The first-order valence-corrected chi connectivity index (χ1v) is 6.99. The van der Waals surface area contributed by atoms with Crippen LogP contribution >= 0.6 is 23.1 Å². The van der Waals surface area contributed by atoms with Gasteiger partial charge in [0.25, 0.3) is 0 Å². The molecule has 0 saturated heterocycles. The lowest BCUT2D eigenvalue weighted by atomic mass is 10.2. The molecule has 0 radical (unpaired) electrons. The molecule has 0 aliphatic heterocycles. The Hall–Kier alpha value is -0.590. The highest BCUT2D eigenvalue weighted by atomic mass is 32.2. The van der Waals surface area contributed by atoms with Gasteiger partial charge >= 0.3 is 5.97 Å². The summed E-state index contributed by atoms with van der Waals surface area (Å²) in [4.78, 5) is 15.4. The Bertz CT molecular complexity index is 341. The zero-order valence-electron chi connectivity index (χ0n) is 9.43. The maximum atomic E-state index is 11.0. The van der Waals surface area contributed by atoms with E-state index in [0.717, 1.165) is 22.2 Å². The summed E-state index contributed by atoms with van der Waals surface area (Å²) in [6, 6.07) is -0.505. The maximum Gasteiger partial charge on any atom is 0.322 e. The third-order valence-corrected chi connectivity index (χ3v) is 3.84. The largest absolute Gasteiger partial charge is 0.468 e. The van der Waals surface area contributed by atoms with Crippen molar-refractivity contribution >= 4 is 29.1 Å². The maximum absolute atomic E-state index is 11.0. The van der Waals surface area contributed by atoms with E-state index in [0.29, 0.717) is 6.42 Å². The van der Waals surface area contributed by atoms with E-state index < -0.39 is 6.04 Å². The van der Waals surface area contributed by atoms with Crippen molar-refractivity contribution < 1.29 is 9.53 Å². The van der Waals surface area contributed by atoms with E-state index >= 15 is 0 Å². The van der Waals surface area contributed by atoms with E-state index in [2.05, 4.69) is 15.1 Å². The van der Waals surface area contributed by atoms with Gasteiger partial charge in [0.1, 0.15) is 6.04 Å². The van der Waals surface area contributed by atoms with Crippen molar-refractivity contribution in [3.05, 3.63) is 16.1 Å². The molecule has 1 aromatic heterocycles. The average molecular weight is 260 g/mol. The van der Waals surface area contributed by atoms with Crippen molar-refractivity contribution in [2.75, 3.05) is 12.9 Å². The number of nitrogens with two attached hydrogens (primary N) is 1. The molecule has 0 aromatic carbocycles. The highest BCUT2D eigenvalue weighted by Crippen LogP contribution is 2.16. The number of carbonyl (C=O) groups excluding carboxylic acids is 1. The molecular formula is C10H16N2O2S2. The molecule has 0 saturated carbocycles. The molecule has 1 heterocycles. The molecule has 0 amide bonds. The lowest BCUT2D eigenvalue weighted by Gasteiger charge is -2.07. The smallest absolute Gasteiger partial charge is 0.322 e. The van der Waals surface area contributed by atoms with Gasteiger partial charge in [0.2, 0.25) is 0 Å². The van der Waals surface area contributed by atoms with Crippen LogP contribution in [0.4, 0.5) is 0 Å². The van der Waals surface area contributed by atoms with Gasteiger partial charge in [0.15, 0.2) is 0 Å². The number of methoxy groups -OCH3 is 1. The van der Waals surface area contributed by atoms with Crippen LogP contribution in [0.1, 0.15) is 17.1 Å². The van der Waals surface area contributed by atoms with Gasteiger partial charge in [0.05, 0.1) is 17.8 Å². The van der Waals surface area contributed by atoms with Gasteiger partial charge in [0, 0.05) is 11.1 Å². The zero-order valence-corrected chi connectivity index (χ0v) is 11.1. The number of aromatic nitrogens is 1. The van der Waals surface area contributed by atoms with E-state index in [4.69, 9.17) is 5.73 Å². The molecule has 1 aromatic rings. The minimum Gasteiger partial charge on any atom is -0.468 e. The molecule has 0 fully saturated rings. The van der Waals surface area contributed by atoms with E-state index in [1.807, 2.05) is 6.92 Å². The third kappa shape index (κ3) is 4.51. The number of esters is 1. The van der Waals surface area contributed by atoms with Gasteiger partial charge in [-0.05, 0) is 19.1 Å². The van der Waals surface area contributed by atoms with E-state index in [-0.39, 0.29) is 5.97 Å². The molecule has 0 aliphatic rings. The number of rotatable bonds is 6. The van der Waals surface area contributed by atoms with Crippen LogP contribution in [0.15, 0.2) is 5.38 Å². The molecule has 1 atom stereocenters. The van der Waals surface area contributed by atoms with E-state index in [1.54, 1.807) is 23.1 Å². The molecule has 16 heavy (non-hydrogen) atoms. The SMILES string of the molecule is COC(=O)C(N)CCSCc1csc(C)n1. The summed E-state index contributed by atoms with van der Waals surface area (Å²) in [6.45, 7) is 1.99. The van der Waals surface area contributed by atoms with Crippen molar-refractivity contribution in [3.8, 4) is 0 Å². The van der Waals surface area contributed by atoms with E-state index in [1.165, 1.54) is 7.11 Å². The number of hydrogen-bond acceptors (Lipinski definition) is 6. The molecule has 2 N–H and O–H groups in total. The summed E-state index contributed by atoms with van der Waals surface area (Å²) >= 11 is 3.39. The van der Waals surface area contributed by atoms with Crippen molar-refractivity contribution in [1.82, 2.24) is 4.98 Å². The Morgan fingerprint density at radius 2 is 2.50 bits per heavy atom. The van der Waals surface area contributed by atoms with Crippen LogP contribution in [-0.2, 0) is 15.3 Å². The van der Waals surface area contributed by atoms with Gasteiger partial charge in [-0.15, -0.1) is 11.3 Å². The molecule has 6 heteroatoms. The highest BCUT2D eigenvalue weighted by Gasteiger charge is 2.12. The molecule has 90 valence electrons. The molecule has 4 nitrogen and oxygen atoms in total. The summed E-state index contributed by atoms with van der Waals surface area (Å²) in [5, 5.41) is 3.14. The summed E-state index contributed by atoms with van der Waals surface area (Å²) in [6.07, 6.45) is 0.639. The normalized spacial score (nSPS) is 12.4. The Morgan fingerprint density at radius 3 is 3.06 bits per heavy atom. The summed E-state index contributed by atoms with van der Waals surface area (Å²) < 4.78 is 4.55. The van der Waals surface area contributed by atoms with Gasteiger partial charge in [-0.1, -0.05) is 0 Å². The summed E-state index contributed by atoms with van der Waals surface area (Å²) in [5.41, 5.74) is 6.71. The van der Waals surface area contributed by atoms with Gasteiger partial charge in [-0.2, -0.15) is 11.8 Å². The lowest BCUT2D eigenvalue weighted by molar-refractivity contribution is -0.142. The minimum absolute atomic E-state index is 0.342. The Morgan fingerprint density at radius 1 is 1.75 bits per heavy atom. The van der Waals surface area contributed by atoms with Gasteiger partial charge in [-0.3, -0.25) is 4.79 Å². The summed E-state index contributed by atoms with van der Waals surface area (Å²) in [7, 11) is 1.35. The number of thiazole rings is 1. The molecular weight excluding hydrogens is 244 g/mol. The number of hydrogen-bond donors (Lipinski definition) is 1. The van der Waals surface area contributed by atoms with Crippen LogP contribution in [0.3, 0.4) is 0 Å². The van der Waals surface area contributed by atoms with Crippen LogP contribution in [0, 0.1) is 6.92 Å². The fourth-order valence-corrected chi connectivity index (χ4v) is 2.77. The minimum atomic E-state index is -0.505. The number of carbonyl (C=O) groups is 1. The fraction of sp³-hybridized carbons (Fsp3) is 0.600. The van der Waals surface area contributed by atoms with Crippen molar-refractivity contribution in [2.24, 2.45) is 5.73 Å². The van der Waals surface area contributed by atoms with Crippen LogP contribution in [0.5, 0.6) is 0 Å². The van der Waals surface area contributed by atoms with Gasteiger partial charge in [-0.25, -0.2) is 4.98 Å². The number of thioether (sulfide) groups is 1. The van der Waals surface area contributed by atoms with Crippen LogP contribution in [0.2, 0.25) is 0 Å². The van der Waals surface area contributed by atoms with Gasteiger partial charge < -0.3 is 10.5 Å². The van der Waals surface area contributed by atoms with Crippen molar-refractivity contribution in [2.45, 2.75) is 25.1 Å². The standard InChI is InChI=1S/C10H16N2O2S2/c1-7-12-8(6-16-7)5-15-4-3-9(11)10(13)14-2/h6,9H,3-5,11H2,1-2H3. The van der Waals surface area contributed by atoms with Crippen LogP contribution in [0.25, 0.3) is 0 Å². The second kappa shape index (κ2) is 6.88. The number of aryl methyl sites for hydroxylation is 1. The Labute approximate surface area is 104 Å². The number of ether oxygens (including phenoxy) is 1. The predicted octanol–water partition coefficient (Wildman–Crippen LogP) is 1.58. The second-order valence-electron chi connectivity index (χ2n) is 3.33. The predicted molar refractivity (Wildman–Crippen MR) is 67.6 cm³/mol. The first-order chi connectivity index (χ1) is 7.63. The Balaban J connectivity index is 2.14. The first kappa shape index (κ1) is 13.5. The molecule has 0 aliphatic carbocycles. The Kier molecular flexibility index (Phi) is 5.79. The van der Waals surface area contributed by atoms with Crippen LogP contribution < -0.4 is 5.73 Å². The number of nitrogens with zero attached hydrogens (tertiary/aromatic N) is 1. The highest BCUT2D eigenvalue weighted by molar-refractivity contribution is 7.98. The molecule has 1 rings (SSSR count). The third-order valence-electron chi connectivity index (χ3n) is 1.99. The fourth-order valence-electron chi connectivity index (χ4n) is 1.13.